The van der Waals surface area contributed by atoms with Crippen LogP contribution < -0.4 is 60.3 Å². The van der Waals surface area contributed by atoms with Crippen LogP contribution in [0.1, 0.15) is 261 Å². The Morgan fingerprint density at radius 3 is 0.350 bits per heavy atom. The van der Waals surface area contributed by atoms with Crippen LogP contribution in [0.5, 0.6) is 34.5 Å². The first-order valence-electron chi connectivity index (χ1n) is 42.3. The van der Waals surface area contributed by atoms with Crippen molar-refractivity contribution in [1.82, 2.24) is 0 Å². The van der Waals surface area contributed by atoms with Gasteiger partial charge >= 0.3 is 0 Å². The first kappa shape index (κ1) is 86.1. The summed E-state index contributed by atoms with van der Waals surface area (Å²) in [5.74, 6) is 4.01. The second kappa shape index (κ2) is 34.9. The second-order valence-corrected chi connectivity index (χ2v) is 38.3. The van der Waals surface area contributed by atoms with Crippen LogP contribution >= 0.6 is 0 Å². The van der Waals surface area contributed by atoms with Gasteiger partial charge < -0.3 is 60.3 Å². The lowest BCUT2D eigenvalue weighted by atomic mass is 9.76. The van der Waals surface area contributed by atoms with Crippen molar-refractivity contribution in [1.29, 1.82) is 0 Å². The zero-order valence-corrected chi connectivity index (χ0v) is 75.2. The van der Waals surface area contributed by atoms with Crippen LogP contribution in [-0.2, 0) is 32.5 Å². The Kier molecular flexibility index (Phi) is 25.0. The third-order valence-corrected chi connectivity index (χ3v) is 23.5. The Balaban J connectivity index is 1.32. The summed E-state index contributed by atoms with van der Waals surface area (Å²) < 4.78 is 44.2. The van der Waals surface area contributed by atoms with E-state index in [1.165, 1.54) is 0 Å². The summed E-state index contributed by atoms with van der Waals surface area (Å²) in [6.07, 6.45) is 0. The summed E-state index contributed by atoms with van der Waals surface area (Å²) in [5.41, 5.74) is 19.9. The number of fused-ring (bicyclic) bond motifs is 12. The highest BCUT2D eigenvalue weighted by atomic mass is 16.5. The summed E-state index contributed by atoms with van der Waals surface area (Å²) in [4.78, 5) is 0. The largest absolute Gasteiger partial charge is 0.496 e. The average Bonchev–Trinajstić information content (AvgIpc) is 0.736. The number of hydrogen-bond donors (Lipinski definition) is 6. The lowest BCUT2D eigenvalue weighted by molar-refractivity contribution is 0.387. The highest BCUT2D eigenvalue weighted by Crippen LogP contribution is 2.56. The molecule has 0 spiro atoms. The molecule has 0 radical (unpaired) electrons. The standard InChI is InChI=1S/C108H126N6O6/c1-103(2,3)67-55-79-91(109-73-43-31-25-32-44-73)81-57-68(104(4,5)6)59-83(98(81)116-20)93(111-75-47-35-27-36-48-75)85-61-70(106(10,11)12)63-87(100(85)118-22)95(113-77-51-39-29-40-52-77)89-65-72(108(16,17)18)66-90(102(89)120-24)96(114-78-53-41-30-42-54-78)88-64-71(107(13,14)15)62-86(101(88)119-23)94(112-76-49-37-28-38-50-76)84-60-69(105(7,8)9)58-82(99(84)117-21)92(80(56-67)97(79)115-19)110-74-45-33-26-34-46-74/h25-66,91-96,109-114H,1-24H3. The van der Waals surface area contributed by atoms with Gasteiger partial charge in [0.1, 0.15) is 34.5 Å². The van der Waals surface area contributed by atoms with Crippen molar-refractivity contribution in [2.75, 3.05) is 74.6 Å². The maximum Gasteiger partial charge on any atom is 0.130 e. The van der Waals surface area contributed by atoms with E-state index in [1.807, 2.05) is 42.7 Å². The molecule has 0 aliphatic heterocycles. The zero-order chi connectivity index (χ0) is 86.0. The lowest BCUT2D eigenvalue weighted by Gasteiger charge is -2.36. The molecule has 624 valence electrons. The Hall–Kier alpha value is -11.8. The average molecular weight is 1600 g/mol. The van der Waals surface area contributed by atoms with Gasteiger partial charge in [0.25, 0.3) is 0 Å². The molecule has 0 fully saturated rings. The van der Waals surface area contributed by atoms with Crippen LogP contribution in [-0.4, -0.2) is 42.7 Å². The predicted molar refractivity (Wildman–Crippen MR) is 502 cm³/mol. The van der Waals surface area contributed by atoms with E-state index in [-0.39, 0.29) is 0 Å². The van der Waals surface area contributed by atoms with Crippen molar-refractivity contribution in [3.63, 3.8) is 0 Å². The number of benzene rings is 12. The third-order valence-electron chi connectivity index (χ3n) is 23.5. The maximum absolute atomic E-state index is 7.36. The number of rotatable bonds is 18. The Labute approximate surface area is 715 Å². The first-order chi connectivity index (χ1) is 57.0. The highest BCUT2D eigenvalue weighted by molar-refractivity contribution is 5.72. The Morgan fingerprint density at radius 2 is 0.267 bits per heavy atom. The predicted octanol–water partition coefficient (Wildman–Crippen LogP) is 27.0. The number of ether oxygens (including phenoxy) is 6. The van der Waals surface area contributed by atoms with Crippen LogP contribution in [0, 0.1) is 0 Å². The van der Waals surface area contributed by atoms with Crippen molar-refractivity contribution < 1.29 is 28.4 Å². The maximum atomic E-state index is 7.36. The Bertz CT molecular complexity index is 4500. The summed E-state index contributed by atoms with van der Waals surface area (Å²) in [7, 11) is 10.9. The fraction of sp³-hybridized carbons (Fsp3) is 0.333. The Morgan fingerprint density at radius 1 is 0.167 bits per heavy atom. The van der Waals surface area contributed by atoms with Gasteiger partial charge in [-0.15, -0.1) is 0 Å². The minimum absolute atomic E-state index is 0.439. The van der Waals surface area contributed by atoms with Crippen molar-refractivity contribution in [3.8, 4) is 34.5 Å². The quantitative estimate of drug-likeness (QED) is 0.0490. The molecular weight excluding hydrogens is 1480 g/mol. The van der Waals surface area contributed by atoms with Crippen LogP contribution in [0.4, 0.5) is 34.1 Å². The normalized spacial score (nSPS) is 16.5. The molecular formula is C108H126N6O6. The van der Waals surface area contributed by atoms with E-state index in [1.54, 1.807) is 0 Å². The number of hydrogen-bond acceptors (Lipinski definition) is 12. The van der Waals surface area contributed by atoms with Crippen LogP contribution in [0.15, 0.2) is 255 Å². The van der Waals surface area contributed by atoms with Gasteiger partial charge in [0.15, 0.2) is 0 Å². The molecule has 0 amide bonds. The monoisotopic (exact) mass is 1600 g/mol. The van der Waals surface area contributed by atoms with E-state index in [9.17, 15) is 0 Å². The third kappa shape index (κ3) is 18.5. The molecule has 12 aromatic carbocycles. The summed E-state index contributed by atoms with van der Waals surface area (Å²) >= 11 is 0. The van der Waals surface area contributed by atoms with Crippen LogP contribution in [0.3, 0.4) is 0 Å². The van der Waals surface area contributed by atoms with E-state index >= 15 is 0 Å². The molecule has 0 aromatic heterocycles. The fourth-order valence-electron chi connectivity index (χ4n) is 16.8. The van der Waals surface area contributed by atoms with E-state index < -0.39 is 68.7 Å². The zero-order valence-electron chi connectivity index (χ0n) is 75.2. The molecule has 12 bridgehead atoms. The van der Waals surface area contributed by atoms with Gasteiger partial charge in [-0.1, -0.05) is 234 Å². The number of nitrogens with one attached hydrogen (secondary N) is 6. The van der Waals surface area contributed by atoms with Gasteiger partial charge in [-0.3, -0.25) is 0 Å². The van der Waals surface area contributed by atoms with E-state index in [0.717, 1.165) is 134 Å². The molecule has 12 heteroatoms. The smallest absolute Gasteiger partial charge is 0.130 e. The van der Waals surface area contributed by atoms with Crippen LogP contribution in [0.25, 0.3) is 0 Å². The number of methoxy groups -OCH3 is 6. The second-order valence-electron chi connectivity index (χ2n) is 38.3. The van der Waals surface area contributed by atoms with Gasteiger partial charge in [-0.25, -0.2) is 0 Å². The molecule has 0 atom stereocenters. The van der Waals surface area contributed by atoms with Crippen molar-refractivity contribution >= 4 is 34.1 Å². The summed E-state index contributed by atoms with van der Waals surface area (Å²) in [6.45, 7) is 41.4. The molecule has 0 saturated heterocycles. The molecule has 120 heavy (non-hydrogen) atoms. The van der Waals surface area contributed by atoms with Crippen molar-refractivity contribution in [2.24, 2.45) is 0 Å². The van der Waals surface area contributed by atoms with E-state index in [2.05, 4.69) is 411 Å². The van der Waals surface area contributed by atoms with E-state index in [0.29, 0.717) is 34.5 Å². The number of anilines is 6. The molecule has 0 unspecified atom stereocenters. The lowest BCUT2D eigenvalue weighted by Crippen LogP contribution is -2.26. The topological polar surface area (TPSA) is 128 Å². The highest BCUT2D eigenvalue weighted by Gasteiger charge is 2.42. The van der Waals surface area contributed by atoms with Gasteiger partial charge in [0.2, 0.25) is 0 Å². The van der Waals surface area contributed by atoms with E-state index in [4.69, 9.17) is 28.4 Å². The minimum atomic E-state index is -0.677. The van der Waals surface area contributed by atoms with Gasteiger partial charge in [-0.05, 0) is 211 Å². The minimum Gasteiger partial charge on any atom is -0.496 e. The van der Waals surface area contributed by atoms with Crippen molar-refractivity contribution in [3.05, 3.63) is 355 Å². The molecule has 12 nitrogen and oxygen atoms in total. The molecule has 1 aliphatic carbocycles. The summed E-state index contributed by atoms with van der Waals surface area (Å²) in [6, 6.07) is 87.6. The molecule has 1 aliphatic rings. The first-order valence-corrected chi connectivity index (χ1v) is 42.3. The SMILES string of the molecule is COc1c2cc(C(C)(C)C)cc1C(Nc1ccccc1)c1cc(C(C)(C)C)cc(c1OC)C(Nc1ccccc1)c1cc(C(C)(C)C)cc(c1OC)C(Nc1ccccc1)c1cc(C(C)(C)C)cc(c1OC)C(Nc1ccccc1)c1cc(C(C)(C)C)cc(c1OC)C(Nc1ccccc1)c1cc(C(C)(C)C)cc(c1OC)C2Nc1ccccc1. The van der Waals surface area contributed by atoms with Gasteiger partial charge in [0.05, 0.1) is 78.9 Å². The van der Waals surface area contributed by atoms with Gasteiger partial charge in [0, 0.05) is 101 Å². The molecule has 13 rings (SSSR count). The fourth-order valence-corrected chi connectivity index (χ4v) is 16.8. The molecule has 6 N–H and O–H groups in total. The molecule has 0 saturated carbocycles. The molecule has 12 aromatic rings. The van der Waals surface area contributed by atoms with Gasteiger partial charge in [-0.2, -0.15) is 0 Å². The number of para-hydroxylation sites is 6. The molecule has 0 heterocycles. The summed E-state index contributed by atoms with van der Waals surface area (Å²) in [5, 5.41) is 25.5. The van der Waals surface area contributed by atoms with Crippen LogP contribution in [0.2, 0.25) is 0 Å². The van der Waals surface area contributed by atoms with Crippen molar-refractivity contribution in [2.45, 2.75) is 193 Å².